The zero-order valence-corrected chi connectivity index (χ0v) is 11.0. The van der Waals surface area contributed by atoms with Crippen LogP contribution in [0.3, 0.4) is 0 Å². The van der Waals surface area contributed by atoms with Gasteiger partial charge in [0.05, 0.1) is 13.2 Å². The molecular formula is C12H26N2O3. The molecule has 3 N–H and O–H groups in total. The number of rotatable bonds is 11. The molecule has 0 aliphatic carbocycles. The molecule has 102 valence electrons. The van der Waals surface area contributed by atoms with Crippen molar-refractivity contribution in [2.75, 3.05) is 26.9 Å². The summed E-state index contributed by atoms with van der Waals surface area (Å²) in [5.41, 5.74) is 7.95. The third-order valence-electron chi connectivity index (χ3n) is 2.63. The lowest BCUT2D eigenvalue weighted by Gasteiger charge is -2.14. The van der Waals surface area contributed by atoms with Gasteiger partial charge in [-0.2, -0.15) is 0 Å². The van der Waals surface area contributed by atoms with Crippen molar-refractivity contribution in [3.8, 4) is 0 Å². The molecular weight excluding hydrogens is 220 g/mol. The highest BCUT2D eigenvalue weighted by Crippen LogP contribution is 2.16. The third kappa shape index (κ3) is 10.2. The topological polar surface area (TPSA) is 73.6 Å². The van der Waals surface area contributed by atoms with E-state index in [0.717, 1.165) is 25.7 Å². The van der Waals surface area contributed by atoms with Crippen molar-refractivity contribution >= 4 is 5.91 Å². The van der Waals surface area contributed by atoms with Crippen molar-refractivity contribution < 1.29 is 14.4 Å². The summed E-state index contributed by atoms with van der Waals surface area (Å²) in [5.74, 6) is 0.481. The number of hydroxylamine groups is 1. The first kappa shape index (κ1) is 16.4. The van der Waals surface area contributed by atoms with Crippen molar-refractivity contribution in [3.05, 3.63) is 0 Å². The number of ether oxygens (including phenoxy) is 1. The molecule has 0 heterocycles. The van der Waals surface area contributed by atoms with Crippen molar-refractivity contribution in [1.29, 1.82) is 0 Å². The number of hydrogen-bond acceptors (Lipinski definition) is 4. The van der Waals surface area contributed by atoms with E-state index in [9.17, 15) is 4.79 Å². The summed E-state index contributed by atoms with van der Waals surface area (Å²) < 4.78 is 4.80. The predicted octanol–water partition coefficient (Wildman–Crippen LogP) is 1.23. The fourth-order valence-electron chi connectivity index (χ4n) is 1.72. The van der Waals surface area contributed by atoms with E-state index in [1.165, 1.54) is 0 Å². The van der Waals surface area contributed by atoms with E-state index in [2.05, 4.69) is 12.4 Å². The van der Waals surface area contributed by atoms with Gasteiger partial charge in [0, 0.05) is 13.5 Å². The highest BCUT2D eigenvalue weighted by molar-refractivity contribution is 5.74. The van der Waals surface area contributed by atoms with E-state index in [-0.39, 0.29) is 5.91 Å². The maximum Gasteiger partial charge on any atom is 0.243 e. The molecule has 0 spiro atoms. The Morgan fingerprint density at radius 3 is 2.65 bits per heavy atom. The third-order valence-corrected chi connectivity index (χ3v) is 2.63. The SMILES string of the molecule is CCCC(CCN)CCC(=O)NOCCOC. The van der Waals surface area contributed by atoms with Crippen LogP contribution in [0.5, 0.6) is 0 Å². The fourth-order valence-corrected chi connectivity index (χ4v) is 1.72. The van der Waals surface area contributed by atoms with E-state index in [1.807, 2.05) is 0 Å². The standard InChI is InChI=1S/C12H26N2O3/c1-3-4-11(7-8-13)5-6-12(15)14-17-10-9-16-2/h11H,3-10,13H2,1-2H3,(H,14,15). The summed E-state index contributed by atoms with van der Waals surface area (Å²) in [6.07, 6.45) is 4.64. The van der Waals surface area contributed by atoms with Crippen LogP contribution in [0.15, 0.2) is 0 Å². The van der Waals surface area contributed by atoms with E-state index >= 15 is 0 Å². The van der Waals surface area contributed by atoms with Crippen molar-refractivity contribution in [3.63, 3.8) is 0 Å². The van der Waals surface area contributed by atoms with Gasteiger partial charge in [-0.25, -0.2) is 5.48 Å². The maximum atomic E-state index is 11.4. The van der Waals surface area contributed by atoms with Crippen LogP contribution in [-0.4, -0.2) is 32.8 Å². The second-order valence-electron chi connectivity index (χ2n) is 4.14. The Morgan fingerprint density at radius 2 is 2.06 bits per heavy atom. The molecule has 0 aliphatic heterocycles. The van der Waals surface area contributed by atoms with E-state index in [1.54, 1.807) is 7.11 Å². The van der Waals surface area contributed by atoms with Gasteiger partial charge in [0.25, 0.3) is 0 Å². The summed E-state index contributed by atoms with van der Waals surface area (Å²) in [5, 5.41) is 0. The number of carbonyl (C=O) groups is 1. The molecule has 0 rings (SSSR count). The smallest absolute Gasteiger partial charge is 0.243 e. The zero-order chi connectivity index (χ0) is 12.9. The van der Waals surface area contributed by atoms with Gasteiger partial charge in [-0.05, 0) is 25.3 Å². The van der Waals surface area contributed by atoms with Gasteiger partial charge >= 0.3 is 0 Å². The Hall–Kier alpha value is -0.650. The largest absolute Gasteiger partial charge is 0.382 e. The number of methoxy groups -OCH3 is 1. The predicted molar refractivity (Wildman–Crippen MR) is 67.3 cm³/mol. The molecule has 0 saturated heterocycles. The summed E-state index contributed by atoms with van der Waals surface area (Å²) in [7, 11) is 1.59. The molecule has 1 amide bonds. The van der Waals surface area contributed by atoms with Crippen LogP contribution in [0.25, 0.3) is 0 Å². The molecule has 0 radical (unpaired) electrons. The highest BCUT2D eigenvalue weighted by atomic mass is 16.7. The number of carbonyl (C=O) groups excluding carboxylic acids is 1. The van der Waals surface area contributed by atoms with Crippen molar-refractivity contribution in [2.24, 2.45) is 11.7 Å². The molecule has 0 aromatic carbocycles. The summed E-state index contributed by atoms with van der Waals surface area (Å²) >= 11 is 0. The van der Waals surface area contributed by atoms with Crippen LogP contribution in [0.4, 0.5) is 0 Å². The van der Waals surface area contributed by atoms with Crippen molar-refractivity contribution in [1.82, 2.24) is 5.48 Å². The molecule has 0 bridgehead atoms. The van der Waals surface area contributed by atoms with Crippen LogP contribution in [-0.2, 0) is 14.4 Å². The lowest BCUT2D eigenvalue weighted by Crippen LogP contribution is -2.26. The molecule has 0 aromatic rings. The van der Waals surface area contributed by atoms with Gasteiger partial charge in [-0.15, -0.1) is 0 Å². The van der Waals surface area contributed by atoms with Crippen LogP contribution >= 0.6 is 0 Å². The number of nitrogens with two attached hydrogens (primary N) is 1. The molecule has 0 aliphatic rings. The second-order valence-corrected chi connectivity index (χ2v) is 4.14. The monoisotopic (exact) mass is 246 g/mol. The van der Waals surface area contributed by atoms with Crippen molar-refractivity contribution in [2.45, 2.75) is 39.0 Å². The highest BCUT2D eigenvalue weighted by Gasteiger charge is 2.09. The molecule has 0 aromatic heterocycles. The van der Waals surface area contributed by atoms with E-state index < -0.39 is 0 Å². The zero-order valence-electron chi connectivity index (χ0n) is 11.0. The fraction of sp³-hybridized carbons (Fsp3) is 0.917. The van der Waals surface area contributed by atoms with Gasteiger partial charge in [0.15, 0.2) is 0 Å². The first-order valence-corrected chi connectivity index (χ1v) is 6.34. The molecule has 17 heavy (non-hydrogen) atoms. The first-order valence-electron chi connectivity index (χ1n) is 6.34. The average molecular weight is 246 g/mol. The Labute approximate surface area is 104 Å². The van der Waals surface area contributed by atoms with Crippen LogP contribution < -0.4 is 11.2 Å². The molecule has 1 unspecified atom stereocenters. The molecule has 5 nitrogen and oxygen atoms in total. The van der Waals surface area contributed by atoms with E-state index in [0.29, 0.717) is 32.1 Å². The minimum absolute atomic E-state index is 0.0702. The Balaban J connectivity index is 3.57. The Kier molecular flexibility index (Phi) is 11.4. The number of hydrogen-bond donors (Lipinski definition) is 2. The van der Waals surface area contributed by atoms with Gasteiger partial charge in [-0.3, -0.25) is 9.63 Å². The summed E-state index contributed by atoms with van der Waals surface area (Å²) in [4.78, 5) is 16.3. The summed E-state index contributed by atoms with van der Waals surface area (Å²) in [6.45, 7) is 3.70. The van der Waals surface area contributed by atoms with Gasteiger partial charge in [-0.1, -0.05) is 19.8 Å². The molecule has 0 saturated carbocycles. The maximum absolute atomic E-state index is 11.4. The lowest BCUT2D eigenvalue weighted by atomic mass is 9.94. The molecule has 5 heteroatoms. The summed E-state index contributed by atoms with van der Waals surface area (Å²) in [6, 6.07) is 0. The van der Waals surface area contributed by atoms with Gasteiger partial charge < -0.3 is 10.5 Å². The average Bonchev–Trinajstić information content (AvgIpc) is 2.32. The number of nitrogens with one attached hydrogen (secondary N) is 1. The Bertz CT molecular complexity index is 183. The molecule has 1 atom stereocenters. The first-order chi connectivity index (χ1) is 8.24. The normalized spacial score (nSPS) is 12.4. The lowest BCUT2D eigenvalue weighted by molar-refractivity contribution is -0.134. The van der Waals surface area contributed by atoms with Crippen LogP contribution in [0.1, 0.15) is 39.0 Å². The quantitative estimate of drug-likeness (QED) is 0.425. The second kappa shape index (κ2) is 11.8. The number of amides is 1. The minimum Gasteiger partial charge on any atom is -0.382 e. The minimum atomic E-state index is -0.0702. The van der Waals surface area contributed by atoms with Gasteiger partial charge in [0.1, 0.15) is 0 Å². The van der Waals surface area contributed by atoms with E-state index in [4.69, 9.17) is 15.3 Å². The Morgan fingerprint density at radius 1 is 1.29 bits per heavy atom. The van der Waals surface area contributed by atoms with Crippen LogP contribution in [0, 0.1) is 5.92 Å². The van der Waals surface area contributed by atoms with Gasteiger partial charge in [0.2, 0.25) is 5.91 Å². The molecule has 0 fully saturated rings. The van der Waals surface area contributed by atoms with Crippen LogP contribution in [0.2, 0.25) is 0 Å².